The van der Waals surface area contributed by atoms with Gasteiger partial charge in [-0.3, -0.25) is 4.79 Å². The van der Waals surface area contributed by atoms with Crippen molar-refractivity contribution in [3.8, 4) is 0 Å². The lowest BCUT2D eigenvalue weighted by atomic mass is 10.1. The average Bonchev–Trinajstić information content (AvgIpc) is 3.29. The molecule has 5 rings (SSSR count). The molecule has 0 saturated heterocycles. The summed E-state index contributed by atoms with van der Waals surface area (Å²) in [5.41, 5.74) is 2.19. The van der Waals surface area contributed by atoms with Gasteiger partial charge in [0.25, 0.3) is 5.91 Å². The van der Waals surface area contributed by atoms with Crippen LogP contribution in [-0.4, -0.2) is 38.0 Å². The molecule has 9 heteroatoms. The third-order valence-electron chi connectivity index (χ3n) is 6.31. The zero-order chi connectivity index (χ0) is 21.9. The fraction of sp³-hybridized carbons (Fsp3) is 0.364. The Bertz CT molecular complexity index is 1340. The number of aromatic nitrogens is 4. The highest BCUT2D eigenvalue weighted by Gasteiger charge is 2.43. The van der Waals surface area contributed by atoms with Gasteiger partial charge in [-0.15, -0.1) is 0 Å². The summed E-state index contributed by atoms with van der Waals surface area (Å²) in [4.78, 5) is 28.4. The summed E-state index contributed by atoms with van der Waals surface area (Å²) in [5, 5.41) is 3.53. The van der Waals surface area contributed by atoms with Crippen LogP contribution in [0.25, 0.3) is 22.1 Å². The van der Waals surface area contributed by atoms with E-state index in [0.29, 0.717) is 39.6 Å². The first kappa shape index (κ1) is 19.5. The van der Waals surface area contributed by atoms with Gasteiger partial charge in [0.15, 0.2) is 0 Å². The number of nitrogens with one attached hydrogen (secondary N) is 1. The molecule has 1 amide bonds. The van der Waals surface area contributed by atoms with E-state index in [9.17, 15) is 9.18 Å². The highest BCUT2D eigenvalue weighted by molar-refractivity contribution is 6.10. The molecule has 1 saturated carbocycles. The number of carbonyl (C=O) groups is 1. The molecule has 8 nitrogen and oxygen atoms in total. The predicted molar refractivity (Wildman–Crippen MR) is 114 cm³/mol. The molecular weight excluding hydrogens is 399 g/mol. The van der Waals surface area contributed by atoms with Crippen molar-refractivity contribution in [2.75, 3.05) is 11.9 Å². The smallest absolute Gasteiger partial charge is 0.256 e. The van der Waals surface area contributed by atoms with E-state index in [0.717, 1.165) is 18.4 Å². The van der Waals surface area contributed by atoms with Crippen molar-refractivity contribution >= 4 is 33.9 Å². The Morgan fingerprint density at radius 3 is 2.87 bits per heavy atom. The minimum atomic E-state index is -0.345. The van der Waals surface area contributed by atoms with Gasteiger partial charge in [0.05, 0.1) is 28.5 Å². The Balaban J connectivity index is 1.48. The number of halogens is 1. The van der Waals surface area contributed by atoms with Crippen LogP contribution in [0.1, 0.15) is 41.7 Å². The minimum absolute atomic E-state index is 0.0303. The van der Waals surface area contributed by atoms with Crippen LogP contribution in [0.15, 0.2) is 28.9 Å². The molecular formula is C22H23FN6O2. The molecule has 1 N–H and O–H groups in total. The van der Waals surface area contributed by atoms with Crippen LogP contribution in [0, 0.1) is 12.7 Å². The third-order valence-corrected chi connectivity index (χ3v) is 6.31. The number of furan rings is 1. The van der Waals surface area contributed by atoms with Gasteiger partial charge in [-0.2, -0.15) is 0 Å². The second-order valence-corrected chi connectivity index (χ2v) is 8.37. The number of nitrogens with zero attached hydrogens (tertiary/aromatic N) is 5. The van der Waals surface area contributed by atoms with E-state index in [4.69, 9.17) is 4.42 Å². The Labute approximate surface area is 178 Å². The first-order valence-electron chi connectivity index (χ1n) is 10.2. The molecule has 1 aromatic carbocycles. The van der Waals surface area contributed by atoms with Crippen molar-refractivity contribution in [2.45, 2.75) is 38.8 Å². The molecule has 0 radical (unpaired) electrons. The summed E-state index contributed by atoms with van der Waals surface area (Å²) >= 11 is 0. The Hall–Kier alpha value is -3.49. The van der Waals surface area contributed by atoms with Crippen molar-refractivity contribution in [3.05, 3.63) is 47.5 Å². The number of fused-ring (bicyclic) bond motifs is 2. The quantitative estimate of drug-likeness (QED) is 0.530. The van der Waals surface area contributed by atoms with E-state index in [-0.39, 0.29) is 23.8 Å². The maximum atomic E-state index is 13.5. The Kier molecular flexibility index (Phi) is 4.25. The summed E-state index contributed by atoms with van der Waals surface area (Å²) in [6.45, 7) is 4.10. The molecule has 1 aliphatic carbocycles. The average molecular weight is 422 g/mol. The lowest BCUT2D eigenvalue weighted by molar-refractivity contribution is 0.0949. The number of imidazole rings is 1. The summed E-state index contributed by atoms with van der Waals surface area (Å²) in [7, 11) is 3.82. The maximum absolute atomic E-state index is 13.5. The zero-order valence-electron chi connectivity index (χ0n) is 17.9. The van der Waals surface area contributed by atoms with Crippen molar-refractivity contribution in [1.82, 2.24) is 24.8 Å². The molecule has 3 aromatic heterocycles. The van der Waals surface area contributed by atoms with E-state index >= 15 is 0 Å². The predicted octanol–water partition coefficient (Wildman–Crippen LogP) is 3.48. The highest BCUT2D eigenvalue weighted by atomic mass is 19.1. The van der Waals surface area contributed by atoms with Crippen molar-refractivity contribution in [1.29, 1.82) is 0 Å². The lowest BCUT2D eigenvalue weighted by Gasteiger charge is -2.26. The highest BCUT2D eigenvalue weighted by Crippen LogP contribution is 2.44. The molecule has 1 fully saturated rings. The van der Waals surface area contributed by atoms with Crippen LogP contribution in [0.5, 0.6) is 0 Å². The van der Waals surface area contributed by atoms with E-state index in [1.54, 1.807) is 13.0 Å². The van der Waals surface area contributed by atoms with E-state index in [2.05, 4.69) is 32.1 Å². The number of hydrogen-bond donors (Lipinski definition) is 1. The van der Waals surface area contributed by atoms with E-state index in [1.807, 2.05) is 18.7 Å². The topological polar surface area (TPSA) is 89.1 Å². The SMILES string of the molecule is Cc1oc2ncnc(N(C)C3(C)CC3)c2c1C(=O)NCc1nc2cc(F)ccc2n1C. The maximum Gasteiger partial charge on any atom is 0.256 e. The molecule has 160 valence electrons. The van der Waals surface area contributed by atoms with Crippen LogP contribution < -0.4 is 10.2 Å². The van der Waals surface area contributed by atoms with Crippen LogP contribution in [0.4, 0.5) is 10.2 Å². The number of rotatable bonds is 5. The zero-order valence-corrected chi connectivity index (χ0v) is 17.9. The monoisotopic (exact) mass is 422 g/mol. The first-order chi connectivity index (χ1) is 14.8. The number of amides is 1. The van der Waals surface area contributed by atoms with Crippen molar-refractivity contribution in [2.24, 2.45) is 7.05 Å². The number of anilines is 1. The van der Waals surface area contributed by atoms with Crippen molar-refractivity contribution < 1.29 is 13.6 Å². The molecule has 0 spiro atoms. The largest absolute Gasteiger partial charge is 0.442 e. The van der Waals surface area contributed by atoms with Crippen LogP contribution in [0.2, 0.25) is 0 Å². The van der Waals surface area contributed by atoms with Gasteiger partial charge in [-0.05, 0) is 38.8 Å². The van der Waals surface area contributed by atoms with Gasteiger partial charge >= 0.3 is 0 Å². The first-order valence-corrected chi connectivity index (χ1v) is 10.2. The summed E-state index contributed by atoms with van der Waals surface area (Å²) in [6, 6.07) is 4.45. The summed E-state index contributed by atoms with van der Waals surface area (Å²) in [5.74, 6) is 1.15. The molecule has 0 atom stereocenters. The number of hydrogen-bond acceptors (Lipinski definition) is 6. The van der Waals surface area contributed by atoms with Gasteiger partial charge in [0, 0.05) is 25.7 Å². The fourth-order valence-electron chi connectivity index (χ4n) is 3.96. The third kappa shape index (κ3) is 3.11. The molecule has 4 aromatic rings. The Morgan fingerprint density at radius 1 is 1.35 bits per heavy atom. The van der Waals surface area contributed by atoms with Gasteiger partial charge in [-0.1, -0.05) is 0 Å². The molecule has 3 heterocycles. The molecule has 0 bridgehead atoms. The summed E-state index contributed by atoms with van der Waals surface area (Å²) in [6.07, 6.45) is 3.60. The second-order valence-electron chi connectivity index (χ2n) is 8.37. The summed E-state index contributed by atoms with van der Waals surface area (Å²) < 4.78 is 21.1. The van der Waals surface area contributed by atoms with Crippen LogP contribution >= 0.6 is 0 Å². The molecule has 31 heavy (non-hydrogen) atoms. The normalized spacial score (nSPS) is 14.9. The number of aryl methyl sites for hydroxylation is 2. The standard InChI is InChI=1S/C22H23FN6O2/c1-12-17(18-19(25-11-26-21(18)31-12)29(4)22(2)7-8-22)20(30)24-10-16-27-14-9-13(23)5-6-15(14)28(16)3/h5-6,9,11H,7-8,10H2,1-4H3,(H,24,30). The Morgan fingerprint density at radius 2 is 2.13 bits per heavy atom. The van der Waals surface area contributed by atoms with Gasteiger partial charge in [0.1, 0.15) is 29.5 Å². The second kappa shape index (κ2) is 6.76. The lowest BCUT2D eigenvalue weighted by Crippen LogP contribution is -2.32. The number of carbonyl (C=O) groups excluding carboxylic acids is 1. The van der Waals surface area contributed by atoms with Gasteiger partial charge < -0.3 is 19.2 Å². The molecule has 1 aliphatic rings. The van der Waals surface area contributed by atoms with Gasteiger partial charge in [0.2, 0.25) is 5.71 Å². The molecule has 0 unspecified atom stereocenters. The van der Waals surface area contributed by atoms with Gasteiger partial charge in [-0.25, -0.2) is 19.3 Å². The van der Waals surface area contributed by atoms with Crippen molar-refractivity contribution in [3.63, 3.8) is 0 Å². The molecule has 0 aliphatic heterocycles. The minimum Gasteiger partial charge on any atom is -0.442 e. The fourth-order valence-corrected chi connectivity index (χ4v) is 3.96. The van der Waals surface area contributed by atoms with E-state index < -0.39 is 0 Å². The van der Waals surface area contributed by atoms with Crippen LogP contribution in [0.3, 0.4) is 0 Å². The van der Waals surface area contributed by atoms with Crippen LogP contribution in [-0.2, 0) is 13.6 Å². The van der Waals surface area contributed by atoms with E-state index in [1.165, 1.54) is 18.5 Å². The number of benzene rings is 1.